The summed E-state index contributed by atoms with van der Waals surface area (Å²) >= 11 is 0. The number of nitrogens with one attached hydrogen (secondary N) is 1. The van der Waals surface area contributed by atoms with Crippen LogP contribution in [-0.4, -0.2) is 9.67 Å². The summed E-state index contributed by atoms with van der Waals surface area (Å²) in [5, 5.41) is 12.8. The first kappa shape index (κ1) is 10.6. The van der Waals surface area contributed by atoms with Gasteiger partial charge in [-0.2, -0.15) is 0 Å². The Labute approximate surface area is 95.3 Å². The Morgan fingerprint density at radius 3 is 2.75 bits per heavy atom. The lowest BCUT2D eigenvalue weighted by molar-refractivity contribution is 0.471. The monoisotopic (exact) mass is 216 g/mol. The van der Waals surface area contributed by atoms with E-state index in [4.69, 9.17) is 0 Å². The summed E-state index contributed by atoms with van der Waals surface area (Å²) < 4.78 is 2.07. The fraction of sp³-hybridized carbons (Fsp3) is 0.231. The number of rotatable bonds is 3. The van der Waals surface area contributed by atoms with Gasteiger partial charge in [0.1, 0.15) is 5.75 Å². The highest BCUT2D eigenvalue weighted by Gasteiger charge is 2.00. The van der Waals surface area contributed by atoms with Gasteiger partial charge in [-0.1, -0.05) is 6.07 Å². The standard InChI is InChI=1S/C13H16N2O/c1-10-5-6-11(8-13(10)16)14-9-12-4-3-7-15(12)2/h3-8,14,16H,9H2,1-2H3. The molecule has 2 aromatic rings. The molecule has 3 nitrogen and oxygen atoms in total. The molecule has 1 heterocycles. The third kappa shape index (κ3) is 2.19. The molecule has 0 radical (unpaired) electrons. The van der Waals surface area contributed by atoms with Crippen molar-refractivity contribution in [2.24, 2.45) is 7.05 Å². The summed E-state index contributed by atoms with van der Waals surface area (Å²) in [5.41, 5.74) is 3.04. The van der Waals surface area contributed by atoms with E-state index in [1.165, 1.54) is 5.69 Å². The lowest BCUT2D eigenvalue weighted by Crippen LogP contribution is -2.03. The molecule has 0 saturated heterocycles. The number of hydrogen-bond acceptors (Lipinski definition) is 2. The van der Waals surface area contributed by atoms with Gasteiger partial charge in [0.15, 0.2) is 0 Å². The maximum atomic E-state index is 9.57. The number of benzene rings is 1. The van der Waals surface area contributed by atoms with E-state index < -0.39 is 0 Å². The van der Waals surface area contributed by atoms with Gasteiger partial charge in [-0.15, -0.1) is 0 Å². The summed E-state index contributed by atoms with van der Waals surface area (Å²) in [4.78, 5) is 0. The van der Waals surface area contributed by atoms with Gasteiger partial charge in [-0.3, -0.25) is 0 Å². The van der Waals surface area contributed by atoms with Crippen molar-refractivity contribution < 1.29 is 5.11 Å². The van der Waals surface area contributed by atoms with Crippen LogP contribution in [0.15, 0.2) is 36.5 Å². The second kappa shape index (κ2) is 4.31. The number of aromatic nitrogens is 1. The van der Waals surface area contributed by atoms with Crippen molar-refractivity contribution in [1.29, 1.82) is 0 Å². The van der Waals surface area contributed by atoms with Crippen LogP contribution in [0.4, 0.5) is 5.69 Å². The molecule has 0 saturated carbocycles. The van der Waals surface area contributed by atoms with Crippen molar-refractivity contribution in [3.8, 4) is 5.75 Å². The van der Waals surface area contributed by atoms with Crippen molar-refractivity contribution in [2.45, 2.75) is 13.5 Å². The Morgan fingerprint density at radius 1 is 1.31 bits per heavy atom. The third-order valence-corrected chi connectivity index (χ3v) is 2.73. The van der Waals surface area contributed by atoms with Crippen LogP contribution in [0.3, 0.4) is 0 Å². The summed E-state index contributed by atoms with van der Waals surface area (Å²) in [7, 11) is 2.02. The number of phenolic OH excluding ortho intramolecular Hbond substituents is 1. The second-order valence-electron chi connectivity index (χ2n) is 3.97. The molecule has 0 aliphatic heterocycles. The molecule has 0 aliphatic rings. The van der Waals surface area contributed by atoms with Gasteiger partial charge in [0.25, 0.3) is 0 Å². The van der Waals surface area contributed by atoms with Crippen LogP contribution in [0.5, 0.6) is 5.75 Å². The van der Waals surface area contributed by atoms with Gasteiger partial charge in [0, 0.05) is 30.7 Å². The van der Waals surface area contributed by atoms with E-state index in [0.29, 0.717) is 5.75 Å². The van der Waals surface area contributed by atoms with Crippen molar-refractivity contribution in [3.63, 3.8) is 0 Å². The summed E-state index contributed by atoms with van der Waals surface area (Å²) in [6.45, 7) is 2.64. The zero-order valence-electron chi connectivity index (χ0n) is 9.57. The van der Waals surface area contributed by atoms with Gasteiger partial charge in [0.2, 0.25) is 0 Å². The molecule has 84 valence electrons. The van der Waals surface area contributed by atoms with Gasteiger partial charge in [-0.05, 0) is 30.7 Å². The van der Waals surface area contributed by atoms with Crippen LogP contribution >= 0.6 is 0 Å². The van der Waals surface area contributed by atoms with E-state index in [0.717, 1.165) is 17.8 Å². The van der Waals surface area contributed by atoms with Crippen molar-refractivity contribution in [2.75, 3.05) is 5.32 Å². The largest absolute Gasteiger partial charge is 0.508 e. The van der Waals surface area contributed by atoms with Gasteiger partial charge >= 0.3 is 0 Å². The summed E-state index contributed by atoms with van der Waals surface area (Å²) in [5.74, 6) is 0.330. The Kier molecular flexibility index (Phi) is 2.86. The average molecular weight is 216 g/mol. The van der Waals surface area contributed by atoms with E-state index >= 15 is 0 Å². The van der Waals surface area contributed by atoms with Gasteiger partial charge in [-0.25, -0.2) is 0 Å². The normalized spacial score (nSPS) is 10.4. The van der Waals surface area contributed by atoms with Crippen molar-refractivity contribution in [1.82, 2.24) is 4.57 Å². The minimum absolute atomic E-state index is 0.330. The predicted molar refractivity (Wildman–Crippen MR) is 65.6 cm³/mol. The Morgan fingerprint density at radius 2 is 2.12 bits per heavy atom. The maximum absolute atomic E-state index is 9.57. The first-order valence-electron chi connectivity index (χ1n) is 5.30. The molecule has 3 heteroatoms. The fourth-order valence-corrected chi connectivity index (χ4v) is 1.59. The van der Waals surface area contributed by atoms with Crippen LogP contribution in [0.1, 0.15) is 11.3 Å². The first-order chi connectivity index (χ1) is 7.66. The van der Waals surface area contributed by atoms with E-state index in [1.807, 2.05) is 38.4 Å². The molecule has 2 rings (SSSR count). The van der Waals surface area contributed by atoms with Crippen LogP contribution in [0.2, 0.25) is 0 Å². The van der Waals surface area contributed by atoms with E-state index in [-0.39, 0.29) is 0 Å². The van der Waals surface area contributed by atoms with Crippen LogP contribution in [0.25, 0.3) is 0 Å². The van der Waals surface area contributed by atoms with Crippen molar-refractivity contribution in [3.05, 3.63) is 47.8 Å². The molecular weight excluding hydrogens is 200 g/mol. The number of anilines is 1. The van der Waals surface area contributed by atoms with E-state index in [9.17, 15) is 5.11 Å². The highest BCUT2D eigenvalue weighted by Crippen LogP contribution is 2.21. The molecule has 0 unspecified atom stereocenters. The molecule has 2 N–H and O–H groups in total. The lowest BCUT2D eigenvalue weighted by Gasteiger charge is -2.08. The fourth-order valence-electron chi connectivity index (χ4n) is 1.59. The molecule has 0 fully saturated rings. The molecule has 16 heavy (non-hydrogen) atoms. The SMILES string of the molecule is Cc1ccc(NCc2cccn2C)cc1O. The number of aryl methyl sites for hydroxylation is 2. The third-order valence-electron chi connectivity index (χ3n) is 2.73. The van der Waals surface area contributed by atoms with Gasteiger partial charge < -0.3 is 15.0 Å². The van der Waals surface area contributed by atoms with Crippen LogP contribution < -0.4 is 5.32 Å². The molecule has 0 atom stereocenters. The molecule has 0 aliphatic carbocycles. The highest BCUT2D eigenvalue weighted by atomic mass is 16.3. The number of aromatic hydroxyl groups is 1. The summed E-state index contributed by atoms with van der Waals surface area (Å²) in [6.07, 6.45) is 2.02. The van der Waals surface area contributed by atoms with E-state index in [2.05, 4.69) is 16.0 Å². The quantitative estimate of drug-likeness (QED) is 0.827. The molecule has 0 spiro atoms. The van der Waals surface area contributed by atoms with Crippen LogP contribution in [0, 0.1) is 6.92 Å². The molecular formula is C13H16N2O. The Bertz CT molecular complexity index is 488. The maximum Gasteiger partial charge on any atom is 0.120 e. The molecule has 0 amide bonds. The smallest absolute Gasteiger partial charge is 0.120 e. The lowest BCUT2D eigenvalue weighted by atomic mass is 10.2. The van der Waals surface area contributed by atoms with Crippen molar-refractivity contribution >= 4 is 5.69 Å². The minimum atomic E-state index is 0.330. The Hall–Kier alpha value is -1.90. The topological polar surface area (TPSA) is 37.2 Å². The predicted octanol–water partition coefficient (Wildman–Crippen LogP) is 2.65. The second-order valence-corrected chi connectivity index (χ2v) is 3.97. The molecule has 1 aromatic carbocycles. The first-order valence-corrected chi connectivity index (χ1v) is 5.30. The Balaban J connectivity index is 2.05. The molecule has 0 bridgehead atoms. The van der Waals surface area contributed by atoms with E-state index in [1.54, 1.807) is 6.07 Å². The highest BCUT2D eigenvalue weighted by molar-refractivity contribution is 5.51. The molecule has 1 aromatic heterocycles. The number of hydrogen-bond donors (Lipinski definition) is 2. The van der Waals surface area contributed by atoms with Crippen LogP contribution in [-0.2, 0) is 13.6 Å². The number of phenols is 1. The summed E-state index contributed by atoms with van der Waals surface area (Å²) in [6, 6.07) is 9.71. The zero-order valence-corrected chi connectivity index (χ0v) is 9.57. The zero-order chi connectivity index (χ0) is 11.5. The average Bonchev–Trinajstić information content (AvgIpc) is 2.66. The van der Waals surface area contributed by atoms with Gasteiger partial charge in [0.05, 0.1) is 6.54 Å². The number of nitrogens with zero attached hydrogens (tertiary/aromatic N) is 1. The minimum Gasteiger partial charge on any atom is -0.508 e.